The molecule has 0 aromatic heterocycles. The van der Waals surface area contributed by atoms with Crippen LogP contribution in [-0.2, 0) is 10.0 Å². The number of nitrogens with zero attached hydrogens (tertiary/aromatic N) is 1. The molecular weight excluding hydrogens is 293 g/mol. The van der Waals surface area contributed by atoms with Gasteiger partial charge in [-0.2, -0.15) is 4.31 Å². The van der Waals surface area contributed by atoms with Gasteiger partial charge in [0.15, 0.2) is 0 Å². The lowest BCUT2D eigenvalue weighted by molar-refractivity contribution is 0.178. The van der Waals surface area contributed by atoms with Gasteiger partial charge >= 0.3 is 0 Å². The zero-order valence-corrected chi connectivity index (χ0v) is 11.8. The molecule has 0 heterocycles. The molecule has 1 fully saturated rings. The summed E-state index contributed by atoms with van der Waals surface area (Å²) in [6, 6.07) is 3.34. The molecule has 0 unspecified atom stereocenters. The van der Waals surface area contributed by atoms with Crippen molar-refractivity contribution in [2.45, 2.75) is 30.2 Å². The number of halogens is 2. The van der Waals surface area contributed by atoms with Crippen LogP contribution in [0.2, 0.25) is 5.02 Å². The Kier molecular flexibility index (Phi) is 4.45. The molecule has 2 rings (SSSR count). The zero-order valence-electron chi connectivity index (χ0n) is 10.2. The Labute approximate surface area is 116 Å². The van der Waals surface area contributed by atoms with E-state index in [1.54, 1.807) is 0 Å². The third-order valence-corrected chi connectivity index (χ3v) is 5.50. The van der Waals surface area contributed by atoms with E-state index in [-0.39, 0.29) is 24.2 Å². The maximum atomic E-state index is 13.8. The number of hydrogen-bond acceptors (Lipinski definition) is 3. The third kappa shape index (κ3) is 2.91. The lowest BCUT2D eigenvalue weighted by Gasteiger charge is -2.36. The summed E-state index contributed by atoms with van der Waals surface area (Å²) in [6.07, 6.45) is 2.44. The Hall–Kier alpha value is -0.690. The summed E-state index contributed by atoms with van der Waals surface area (Å²) < 4.78 is 39.8. The molecule has 4 nitrogen and oxygen atoms in total. The van der Waals surface area contributed by atoms with E-state index >= 15 is 0 Å². The van der Waals surface area contributed by atoms with Crippen LogP contribution >= 0.6 is 11.6 Å². The molecule has 0 aliphatic heterocycles. The van der Waals surface area contributed by atoms with Crippen molar-refractivity contribution in [2.75, 3.05) is 13.2 Å². The van der Waals surface area contributed by atoms with Crippen LogP contribution in [0.4, 0.5) is 4.39 Å². The van der Waals surface area contributed by atoms with Crippen LogP contribution < -0.4 is 0 Å². The van der Waals surface area contributed by atoms with E-state index in [1.807, 2.05) is 0 Å². The van der Waals surface area contributed by atoms with Gasteiger partial charge in [0, 0.05) is 17.6 Å². The van der Waals surface area contributed by atoms with Gasteiger partial charge in [-0.3, -0.25) is 0 Å². The second-order valence-electron chi connectivity index (χ2n) is 4.50. The highest BCUT2D eigenvalue weighted by atomic mass is 35.5. The van der Waals surface area contributed by atoms with Crippen molar-refractivity contribution in [1.82, 2.24) is 4.31 Å². The smallest absolute Gasteiger partial charge is 0.246 e. The molecule has 7 heteroatoms. The van der Waals surface area contributed by atoms with E-state index in [2.05, 4.69) is 0 Å². The van der Waals surface area contributed by atoms with Crippen molar-refractivity contribution in [2.24, 2.45) is 0 Å². The molecule has 0 spiro atoms. The van der Waals surface area contributed by atoms with E-state index in [4.69, 9.17) is 16.7 Å². The van der Waals surface area contributed by atoms with Gasteiger partial charge in [0.05, 0.1) is 6.61 Å². The first-order valence-corrected chi connectivity index (χ1v) is 7.86. The monoisotopic (exact) mass is 307 g/mol. The minimum absolute atomic E-state index is 0.0188. The fraction of sp³-hybridized carbons (Fsp3) is 0.500. The largest absolute Gasteiger partial charge is 0.395 e. The number of aliphatic hydroxyl groups excluding tert-OH is 1. The Bertz CT molecular complexity index is 560. The number of hydrogen-bond donors (Lipinski definition) is 1. The van der Waals surface area contributed by atoms with Crippen LogP contribution in [0, 0.1) is 5.82 Å². The second kappa shape index (κ2) is 5.75. The molecule has 0 atom stereocenters. The average molecular weight is 308 g/mol. The molecule has 1 aliphatic rings. The lowest BCUT2D eigenvalue weighted by atomic mass is 9.93. The Morgan fingerprint density at radius 2 is 2.11 bits per heavy atom. The quantitative estimate of drug-likeness (QED) is 0.905. The molecule has 1 aromatic rings. The van der Waals surface area contributed by atoms with Gasteiger partial charge < -0.3 is 5.11 Å². The second-order valence-corrected chi connectivity index (χ2v) is 6.79. The van der Waals surface area contributed by atoms with Crippen LogP contribution in [-0.4, -0.2) is 37.0 Å². The summed E-state index contributed by atoms with van der Waals surface area (Å²) in [5, 5.41) is 9.15. The van der Waals surface area contributed by atoms with Gasteiger partial charge in [-0.15, -0.1) is 0 Å². The SMILES string of the molecule is O=S(=O)(c1ccc(Cl)cc1F)N(CCO)C1CCC1. The van der Waals surface area contributed by atoms with E-state index in [0.717, 1.165) is 31.4 Å². The summed E-state index contributed by atoms with van der Waals surface area (Å²) in [5.41, 5.74) is 0. The summed E-state index contributed by atoms with van der Waals surface area (Å²) >= 11 is 5.62. The molecule has 19 heavy (non-hydrogen) atoms. The Balaban J connectivity index is 2.38. The predicted molar refractivity (Wildman–Crippen MR) is 70.0 cm³/mol. The predicted octanol–water partition coefficient (Wildman–Crippen LogP) is 2.01. The van der Waals surface area contributed by atoms with Crippen LogP contribution in [0.1, 0.15) is 19.3 Å². The van der Waals surface area contributed by atoms with Crippen molar-refractivity contribution < 1.29 is 17.9 Å². The molecule has 0 bridgehead atoms. The van der Waals surface area contributed by atoms with Crippen molar-refractivity contribution in [1.29, 1.82) is 0 Å². The molecule has 1 saturated carbocycles. The molecule has 1 aromatic carbocycles. The maximum Gasteiger partial charge on any atom is 0.246 e. The summed E-state index contributed by atoms with van der Waals surface area (Å²) in [7, 11) is -3.93. The first kappa shape index (κ1) is 14.7. The topological polar surface area (TPSA) is 57.6 Å². The van der Waals surface area contributed by atoms with E-state index in [9.17, 15) is 12.8 Å². The first-order chi connectivity index (χ1) is 8.96. The van der Waals surface area contributed by atoms with Gasteiger partial charge in [-0.1, -0.05) is 18.0 Å². The lowest BCUT2D eigenvalue weighted by Crippen LogP contribution is -2.45. The van der Waals surface area contributed by atoms with E-state index < -0.39 is 20.7 Å². The molecule has 106 valence electrons. The minimum atomic E-state index is -3.93. The van der Waals surface area contributed by atoms with Crippen LogP contribution in [0.5, 0.6) is 0 Å². The standard InChI is InChI=1S/C12H15ClFNO3S/c13-9-4-5-12(11(14)8-9)19(17,18)15(6-7-16)10-2-1-3-10/h4-5,8,10,16H,1-3,6-7H2. The van der Waals surface area contributed by atoms with Crippen molar-refractivity contribution >= 4 is 21.6 Å². The minimum Gasteiger partial charge on any atom is -0.395 e. The van der Waals surface area contributed by atoms with Crippen LogP contribution in [0.15, 0.2) is 23.1 Å². The molecule has 0 radical (unpaired) electrons. The third-order valence-electron chi connectivity index (χ3n) is 3.28. The number of aliphatic hydroxyl groups is 1. The van der Waals surface area contributed by atoms with Gasteiger partial charge in [0.2, 0.25) is 10.0 Å². The van der Waals surface area contributed by atoms with Crippen molar-refractivity contribution in [3.8, 4) is 0 Å². The molecule has 1 aliphatic carbocycles. The number of rotatable bonds is 5. The highest BCUT2D eigenvalue weighted by molar-refractivity contribution is 7.89. The van der Waals surface area contributed by atoms with Crippen LogP contribution in [0.3, 0.4) is 0 Å². The molecular formula is C12H15ClFNO3S. The Morgan fingerprint density at radius 1 is 1.42 bits per heavy atom. The summed E-state index contributed by atoms with van der Waals surface area (Å²) in [4.78, 5) is -0.391. The molecule has 0 amide bonds. The van der Waals surface area contributed by atoms with Gasteiger partial charge in [-0.05, 0) is 31.0 Å². The highest BCUT2D eigenvalue weighted by Crippen LogP contribution is 2.31. The summed E-state index contributed by atoms with van der Waals surface area (Å²) in [6.45, 7) is -0.306. The van der Waals surface area contributed by atoms with Gasteiger partial charge in [-0.25, -0.2) is 12.8 Å². The van der Waals surface area contributed by atoms with Gasteiger partial charge in [0.25, 0.3) is 0 Å². The molecule has 0 saturated heterocycles. The fourth-order valence-electron chi connectivity index (χ4n) is 2.08. The summed E-state index contributed by atoms with van der Waals surface area (Å²) in [5.74, 6) is -0.866. The fourth-order valence-corrected chi connectivity index (χ4v) is 3.97. The highest BCUT2D eigenvalue weighted by Gasteiger charge is 2.35. The average Bonchev–Trinajstić information content (AvgIpc) is 2.25. The van der Waals surface area contributed by atoms with E-state index in [0.29, 0.717) is 0 Å². The molecule has 1 N–H and O–H groups in total. The van der Waals surface area contributed by atoms with E-state index in [1.165, 1.54) is 10.4 Å². The van der Waals surface area contributed by atoms with Crippen LogP contribution in [0.25, 0.3) is 0 Å². The van der Waals surface area contributed by atoms with Gasteiger partial charge in [0.1, 0.15) is 10.7 Å². The maximum absolute atomic E-state index is 13.8. The number of benzene rings is 1. The zero-order chi connectivity index (χ0) is 14.0. The van der Waals surface area contributed by atoms with Crippen molar-refractivity contribution in [3.63, 3.8) is 0 Å². The Morgan fingerprint density at radius 3 is 2.58 bits per heavy atom. The first-order valence-electron chi connectivity index (χ1n) is 6.04. The normalized spacial score (nSPS) is 16.6. The van der Waals surface area contributed by atoms with Crippen molar-refractivity contribution in [3.05, 3.63) is 29.0 Å². The number of sulfonamides is 1.